The van der Waals surface area contributed by atoms with E-state index in [9.17, 15) is 9.59 Å². The third-order valence-electron chi connectivity index (χ3n) is 3.99. The number of urea groups is 1. The molecule has 0 radical (unpaired) electrons. The molecule has 6 nitrogen and oxygen atoms in total. The van der Waals surface area contributed by atoms with E-state index in [1.165, 1.54) is 11.3 Å². The van der Waals surface area contributed by atoms with Crippen LogP contribution in [0.4, 0.5) is 9.80 Å². The molecule has 1 aromatic heterocycles. The summed E-state index contributed by atoms with van der Waals surface area (Å²) in [6.07, 6.45) is 1.47. The van der Waals surface area contributed by atoms with E-state index in [4.69, 9.17) is 16.2 Å². The van der Waals surface area contributed by atoms with Crippen LogP contribution in [0, 0.1) is 6.92 Å². The first-order valence-corrected chi connectivity index (χ1v) is 7.93. The number of nitrogens with one attached hydrogen (secondary N) is 1. The number of carbonyl (C=O) groups is 2. The van der Waals surface area contributed by atoms with Crippen LogP contribution in [-0.4, -0.2) is 19.0 Å². The summed E-state index contributed by atoms with van der Waals surface area (Å²) in [5.74, 6) is 0.257. The number of ether oxygens (including phenoxy) is 1. The second kappa shape index (κ2) is 5.58. The molecule has 0 atom stereocenters. The van der Waals surface area contributed by atoms with Gasteiger partial charge >= 0.3 is 6.03 Å². The molecule has 0 aliphatic heterocycles. The van der Waals surface area contributed by atoms with Crippen LogP contribution >= 0.6 is 11.3 Å². The minimum absolute atomic E-state index is 0.365. The van der Waals surface area contributed by atoms with Crippen molar-refractivity contribution in [3.8, 4) is 16.2 Å². The van der Waals surface area contributed by atoms with Gasteiger partial charge in [0.1, 0.15) is 10.8 Å². The number of rotatable bonds is 3. The van der Waals surface area contributed by atoms with Crippen molar-refractivity contribution in [1.82, 2.24) is 0 Å². The monoisotopic (exact) mass is 331 g/mol. The van der Waals surface area contributed by atoms with Crippen LogP contribution in [0.1, 0.15) is 27.0 Å². The molecule has 3 amide bonds. The van der Waals surface area contributed by atoms with Gasteiger partial charge in [-0.05, 0) is 54.2 Å². The molecule has 0 saturated carbocycles. The Balaban J connectivity index is 2.23. The van der Waals surface area contributed by atoms with Crippen molar-refractivity contribution in [2.24, 2.45) is 11.5 Å². The lowest BCUT2D eigenvalue weighted by atomic mass is 9.86. The fourth-order valence-corrected chi connectivity index (χ4v) is 4.49. The van der Waals surface area contributed by atoms with Gasteiger partial charge in [0.15, 0.2) is 0 Å². The summed E-state index contributed by atoms with van der Waals surface area (Å²) in [6, 6.07) is 3.26. The number of thiophene rings is 1. The molecule has 7 heteroatoms. The molecule has 0 saturated heterocycles. The zero-order valence-corrected chi connectivity index (χ0v) is 13.7. The summed E-state index contributed by atoms with van der Waals surface area (Å²) in [6.45, 7) is 2.00. The summed E-state index contributed by atoms with van der Waals surface area (Å²) in [7, 11) is 1.64. The number of anilines is 1. The summed E-state index contributed by atoms with van der Waals surface area (Å²) >= 11 is 1.34. The maximum atomic E-state index is 11.9. The van der Waals surface area contributed by atoms with E-state index >= 15 is 0 Å². The third-order valence-corrected chi connectivity index (χ3v) is 5.15. The van der Waals surface area contributed by atoms with Gasteiger partial charge in [0.25, 0.3) is 5.91 Å². The molecule has 0 spiro atoms. The Hall–Kier alpha value is -2.54. The van der Waals surface area contributed by atoms with Crippen LogP contribution in [0.2, 0.25) is 0 Å². The van der Waals surface area contributed by atoms with E-state index in [2.05, 4.69) is 5.32 Å². The number of hydrogen-bond acceptors (Lipinski definition) is 4. The van der Waals surface area contributed by atoms with Gasteiger partial charge in [-0.1, -0.05) is 0 Å². The number of nitrogens with two attached hydrogens (primary N) is 2. The summed E-state index contributed by atoms with van der Waals surface area (Å²) in [5, 5.41) is 2.93. The minimum atomic E-state index is -0.710. The molecule has 1 aliphatic rings. The van der Waals surface area contributed by atoms with Gasteiger partial charge in [0.2, 0.25) is 0 Å². The SMILES string of the molecule is COc1cc(C)c2c(c1)CCc1c-2sc(NC(N)=O)c1C(N)=O. The first kappa shape index (κ1) is 15.4. The normalized spacial score (nSPS) is 12.3. The van der Waals surface area contributed by atoms with E-state index in [0.29, 0.717) is 17.0 Å². The van der Waals surface area contributed by atoms with Crippen LogP contribution in [-0.2, 0) is 12.8 Å². The first-order valence-electron chi connectivity index (χ1n) is 7.12. The predicted octanol–water partition coefficient (Wildman–Crippen LogP) is 2.42. The second-order valence-electron chi connectivity index (χ2n) is 5.45. The molecule has 1 heterocycles. The zero-order valence-electron chi connectivity index (χ0n) is 12.9. The highest BCUT2D eigenvalue weighted by molar-refractivity contribution is 7.20. The number of primary amides is 2. The molecule has 1 aromatic carbocycles. The molecule has 5 N–H and O–H groups in total. The summed E-state index contributed by atoms with van der Waals surface area (Å²) < 4.78 is 5.32. The molecular formula is C16H17N3O3S. The van der Waals surface area contributed by atoms with Crippen molar-refractivity contribution < 1.29 is 14.3 Å². The van der Waals surface area contributed by atoms with Crippen molar-refractivity contribution in [3.05, 3.63) is 34.4 Å². The van der Waals surface area contributed by atoms with Crippen LogP contribution < -0.4 is 21.5 Å². The minimum Gasteiger partial charge on any atom is -0.497 e. The molecule has 0 unspecified atom stereocenters. The summed E-state index contributed by atoms with van der Waals surface area (Å²) in [4.78, 5) is 24.0. The second-order valence-corrected chi connectivity index (χ2v) is 6.47. The Morgan fingerprint density at radius 3 is 2.61 bits per heavy atom. The van der Waals surface area contributed by atoms with E-state index in [1.54, 1.807) is 7.11 Å². The third kappa shape index (κ3) is 2.53. The molecular weight excluding hydrogens is 314 g/mol. The van der Waals surface area contributed by atoms with Crippen molar-refractivity contribution in [1.29, 1.82) is 0 Å². The van der Waals surface area contributed by atoms with Gasteiger partial charge < -0.3 is 16.2 Å². The van der Waals surface area contributed by atoms with Gasteiger partial charge in [0.05, 0.1) is 12.7 Å². The molecule has 0 bridgehead atoms. The zero-order chi connectivity index (χ0) is 16.7. The van der Waals surface area contributed by atoms with Gasteiger partial charge in [-0.15, -0.1) is 11.3 Å². The average Bonchev–Trinajstić information content (AvgIpc) is 2.83. The quantitative estimate of drug-likeness (QED) is 0.803. The van der Waals surface area contributed by atoms with Crippen LogP contribution in [0.5, 0.6) is 5.75 Å². The van der Waals surface area contributed by atoms with Crippen molar-refractivity contribution >= 4 is 28.3 Å². The Kier molecular flexibility index (Phi) is 3.73. The number of methoxy groups -OCH3 is 1. The number of benzene rings is 1. The van der Waals surface area contributed by atoms with Crippen LogP contribution in [0.25, 0.3) is 10.4 Å². The van der Waals surface area contributed by atoms with Gasteiger partial charge in [0, 0.05) is 4.88 Å². The molecule has 1 aliphatic carbocycles. The first-order chi connectivity index (χ1) is 10.9. The number of hydrogen-bond donors (Lipinski definition) is 3. The van der Waals surface area contributed by atoms with E-state index in [1.807, 2.05) is 19.1 Å². The fourth-order valence-electron chi connectivity index (χ4n) is 3.09. The average molecular weight is 331 g/mol. The Bertz CT molecular complexity index is 826. The van der Waals surface area contributed by atoms with Crippen molar-refractivity contribution in [3.63, 3.8) is 0 Å². The Labute approximate surface area is 137 Å². The number of aryl methyl sites for hydroxylation is 2. The fraction of sp³-hybridized carbons (Fsp3) is 0.250. The Morgan fingerprint density at radius 2 is 2.00 bits per heavy atom. The molecule has 3 rings (SSSR count). The lowest BCUT2D eigenvalue weighted by molar-refractivity contribution is 0.100. The lowest BCUT2D eigenvalue weighted by Crippen LogP contribution is -2.22. The lowest BCUT2D eigenvalue weighted by Gasteiger charge is -2.20. The molecule has 23 heavy (non-hydrogen) atoms. The molecule has 120 valence electrons. The number of carbonyl (C=O) groups excluding carboxylic acids is 2. The maximum absolute atomic E-state index is 11.9. The van der Waals surface area contributed by atoms with Gasteiger partial charge in [-0.3, -0.25) is 10.1 Å². The Morgan fingerprint density at radius 1 is 1.26 bits per heavy atom. The number of amides is 3. The van der Waals surface area contributed by atoms with Crippen LogP contribution in [0.3, 0.4) is 0 Å². The topological polar surface area (TPSA) is 107 Å². The highest BCUT2D eigenvalue weighted by Gasteiger charge is 2.29. The predicted molar refractivity (Wildman–Crippen MR) is 90.2 cm³/mol. The molecule has 2 aromatic rings. The highest BCUT2D eigenvalue weighted by atomic mass is 32.1. The smallest absolute Gasteiger partial charge is 0.317 e. The van der Waals surface area contributed by atoms with E-state index < -0.39 is 11.9 Å². The van der Waals surface area contributed by atoms with Gasteiger partial charge in [-0.2, -0.15) is 0 Å². The highest BCUT2D eigenvalue weighted by Crippen LogP contribution is 2.47. The number of fused-ring (bicyclic) bond motifs is 3. The van der Waals surface area contributed by atoms with Crippen molar-refractivity contribution in [2.75, 3.05) is 12.4 Å². The van der Waals surface area contributed by atoms with E-state index in [-0.39, 0.29) is 0 Å². The van der Waals surface area contributed by atoms with Crippen molar-refractivity contribution in [2.45, 2.75) is 19.8 Å². The standard InChI is InChI=1S/C16H17N3O3S/c1-7-5-9(22-2)6-8-3-4-10-12(14(17)20)15(19-16(18)21)23-13(10)11(7)8/h5-6H,3-4H2,1-2H3,(H2,17,20)(H3,18,19,21). The summed E-state index contributed by atoms with van der Waals surface area (Å²) in [5.41, 5.74) is 15.3. The van der Waals surface area contributed by atoms with Gasteiger partial charge in [-0.25, -0.2) is 4.79 Å². The van der Waals surface area contributed by atoms with Crippen LogP contribution in [0.15, 0.2) is 12.1 Å². The molecule has 0 fully saturated rings. The van der Waals surface area contributed by atoms with E-state index in [0.717, 1.165) is 39.3 Å². The largest absolute Gasteiger partial charge is 0.497 e. The maximum Gasteiger partial charge on any atom is 0.317 e.